The molecule has 0 heterocycles. The Bertz CT molecular complexity index is 736. The highest BCUT2D eigenvalue weighted by Gasteiger charge is 2.10. The van der Waals surface area contributed by atoms with Crippen molar-refractivity contribution in [3.63, 3.8) is 0 Å². The summed E-state index contributed by atoms with van der Waals surface area (Å²) in [5.74, 6) is -0.988. The minimum atomic E-state index is -0.988. The highest BCUT2D eigenvalue weighted by atomic mass is 16.4. The van der Waals surface area contributed by atoms with Crippen LogP contribution in [-0.4, -0.2) is 28.8 Å². The number of hydrogen-bond acceptors (Lipinski definition) is 3. The van der Waals surface area contributed by atoms with Crippen LogP contribution in [0.15, 0.2) is 42.5 Å². The number of carboxylic acid groups (broad SMARTS) is 1. The Morgan fingerprint density at radius 3 is 2.16 bits per heavy atom. The number of urea groups is 1. The fraction of sp³-hybridized carbons (Fsp3) is 0.263. The summed E-state index contributed by atoms with van der Waals surface area (Å²) in [5.41, 5.74) is 3.87. The molecule has 0 saturated carbocycles. The van der Waals surface area contributed by atoms with Crippen molar-refractivity contribution in [2.24, 2.45) is 0 Å². The summed E-state index contributed by atoms with van der Waals surface area (Å²) in [7, 11) is 0. The van der Waals surface area contributed by atoms with E-state index in [0.717, 1.165) is 22.3 Å². The lowest BCUT2D eigenvalue weighted by atomic mass is 10.0. The second-order valence-corrected chi connectivity index (χ2v) is 6.00. The Labute approximate surface area is 146 Å². The molecule has 2 aromatic carbocycles. The smallest absolute Gasteiger partial charge is 0.335 e. The lowest BCUT2D eigenvalue weighted by Crippen LogP contribution is -2.37. The molecule has 2 aromatic rings. The van der Waals surface area contributed by atoms with Crippen LogP contribution in [0.3, 0.4) is 0 Å². The second kappa shape index (κ2) is 8.30. The number of carboxylic acids is 1. The summed E-state index contributed by atoms with van der Waals surface area (Å²) in [6.07, 6.45) is -0.779. The summed E-state index contributed by atoms with van der Waals surface area (Å²) >= 11 is 0. The molecular weight excluding hydrogens is 320 g/mol. The molecule has 2 rings (SSSR count). The highest BCUT2D eigenvalue weighted by Crippen LogP contribution is 2.16. The van der Waals surface area contributed by atoms with Crippen LogP contribution in [0.2, 0.25) is 0 Å². The van der Waals surface area contributed by atoms with E-state index in [2.05, 4.69) is 10.6 Å². The monoisotopic (exact) mass is 342 g/mol. The standard InChI is InChI=1S/C19H22N2O4/c1-12-7-13(2)9-16(8-12)17(22)11-21-19(25)20-10-14-3-5-15(6-4-14)18(23)24/h3-9,17,22H,10-11H2,1-2H3,(H,23,24)(H2,20,21,25). The maximum absolute atomic E-state index is 11.8. The van der Waals surface area contributed by atoms with Crippen LogP contribution in [0.5, 0.6) is 0 Å². The van der Waals surface area contributed by atoms with Gasteiger partial charge >= 0.3 is 12.0 Å². The largest absolute Gasteiger partial charge is 0.478 e. The third-order valence-electron chi connectivity index (χ3n) is 3.74. The van der Waals surface area contributed by atoms with Gasteiger partial charge in [-0.15, -0.1) is 0 Å². The minimum Gasteiger partial charge on any atom is -0.478 e. The molecule has 132 valence electrons. The van der Waals surface area contributed by atoms with Gasteiger partial charge in [0.05, 0.1) is 11.7 Å². The number of benzene rings is 2. The molecule has 0 aliphatic carbocycles. The highest BCUT2D eigenvalue weighted by molar-refractivity contribution is 5.87. The number of aryl methyl sites for hydroxylation is 2. The molecule has 1 unspecified atom stereocenters. The quantitative estimate of drug-likeness (QED) is 0.648. The first-order chi connectivity index (χ1) is 11.8. The van der Waals surface area contributed by atoms with Crippen LogP contribution in [0, 0.1) is 13.8 Å². The Kier molecular flexibility index (Phi) is 6.14. The van der Waals surface area contributed by atoms with Crippen LogP contribution in [0.25, 0.3) is 0 Å². The number of nitrogens with one attached hydrogen (secondary N) is 2. The average molecular weight is 342 g/mol. The molecule has 0 radical (unpaired) electrons. The molecule has 4 N–H and O–H groups in total. The normalized spacial score (nSPS) is 11.6. The van der Waals surface area contributed by atoms with Gasteiger partial charge in [-0.25, -0.2) is 9.59 Å². The van der Waals surface area contributed by atoms with E-state index in [0.29, 0.717) is 0 Å². The lowest BCUT2D eigenvalue weighted by molar-refractivity contribution is 0.0697. The third kappa shape index (κ3) is 5.61. The number of aliphatic hydroxyl groups is 1. The van der Waals surface area contributed by atoms with Gasteiger partial charge in [-0.3, -0.25) is 0 Å². The maximum atomic E-state index is 11.8. The summed E-state index contributed by atoms with van der Waals surface area (Å²) in [6, 6.07) is 11.7. The molecule has 0 spiro atoms. The van der Waals surface area contributed by atoms with E-state index in [1.54, 1.807) is 12.1 Å². The molecule has 25 heavy (non-hydrogen) atoms. The molecule has 0 aliphatic rings. The topological polar surface area (TPSA) is 98.7 Å². The molecule has 0 aliphatic heterocycles. The molecule has 1 atom stereocenters. The SMILES string of the molecule is Cc1cc(C)cc(C(O)CNC(=O)NCc2ccc(C(=O)O)cc2)c1. The van der Waals surface area contributed by atoms with E-state index in [-0.39, 0.29) is 18.7 Å². The van der Waals surface area contributed by atoms with Crippen LogP contribution in [0.1, 0.15) is 38.7 Å². The number of amides is 2. The molecule has 0 fully saturated rings. The zero-order valence-electron chi connectivity index (χ0n) is 14.2. The molecular formula is C19H22N2O4. The van der Waals surface area contributed by atoms with Gasteiger partial charge in [-0.1, -0.05) is 41.5 Å². The van der Waals surface area contributed by atoms with Gasteiger partial charge in [0.25, 0.3) is 0 Å². The van der Waals surface area contributed by atoms with Gasteiger partial charge in [0.1, 0.15) is 0 Å². The number of rotatable bonds is 6. The van der Waals surface area contributed by atoms with Crippen LogP contribution < -0.4 is 10.6 Å². The number of aliphatic hydroxyl groups excluding tert-OH is 1. The summed E-state index contributed by atoms with van der Waals surface area (Å²) in [4.78, 5) is 22.6. The van der Waals surface area contributed by atoms with Crippen LogP contribution in [-0.2, 0) is 6.54 Å². The van der Waals surface area contributed by atoms with Crippen LogP contribution >= 0.6 is 0 Å². The van der Waals surface area contributed by atoms with E-state index in [1.165, 1.54) is 12.1 Å². The molecule has 6 nitrogen and oxygen atoms in total. The molecule has 0 bridgehead atoms. The van der Waals surface area contributed by atoms with E-state index < -0.39 is 18.1 Å². The van der Waals surface area contributed by atoms with Crippen molar-refractivity contribution in [2.75, 3.05) is 6.54 Å². The number of hydrogen-bond donors (Lipinski definition) is 4. The van der Waals surface area contributed by atoms with E-state index in [4.69, 9.17) is 5.11 Å². The van der Waals surface area contributed by atoms with Gasteiger partial charge < -0.3 is 20.8 Å². The van der Waals surface area contributed by atoms with E-state index >= 15 is 0 Å². The Morgan fingerprint density at radius 1 is 1.00 bits per heavy atom. The van der Waals surface area contributed by atoms with Crippen molar-refractivity contribution in [1.82, 2.24) is 10.6 Å². The molecule has 0 aromatic heterocycles. The van der Waals surface area contributed by atoms with E-state index in [9.17, 15) is 14.7 Å². The van der Waals surface area contributed by atoms with Crippen molar-refractivity contribution >= 4 is 12.0 Å². The first-order valence-electron chi connectivity index (χ1n) is 7.95. The summed E-state index contributed by atoms with van der Waals surface area (Å²) in [6.45, 7) is 4.29. The summed E-state index contributed by atoms with van der Waals surface area (Å²) in [5, 5.41) is 24.3. The van der Waals surface area contributed by atoms with Crippen molar-refractivity contribution in [3.05, 3.63) is 70.3 Å². The maximum Gasteiger partial charge on any atom is 0.335 e. The molecule has 0 saturated heterocycles. The second-order valence-electron chi connectivity index (χ2n) is 6.00. The van der Waals surface area contributed by atoms with Crippen molar-refractivity contribution < 1.29 is 19.8 Å². The first kappa shape index (κ1) is 18.5. The number of carbonyl (C=O) groups is 2. The molecule has 6 heteroatoms. The van der Waals surface area contributed by atoms with Gasteiger partial charge in [-0.05, 0) is 37.1 Å². The zero-order valence-corrected chi connectivity index (χ0v) is 14.2. The van der Waals surface area contributed by atoms with Gasteiger partial charge in [0, 0.05) is 13.1 Å². The van der Waals surface area contributed by atoms with Crippen molar-refractivity contribution in [3.8, 4) is 0 Å². The van der Waals surface area contributed by atoms with E-state index in [1.807, 2.05) is 32.0 Å². The summed E-state index contributed by atoms with van der Waals surface area (Å²) < 4.78 is 0. The Morgan fingerprint density at radius 2 is 1.60 bits per heavy atom. The van der Waals surface area contributed by atoms with Crippen LogP contribution in [0.4, 0.5) is 4.79 Å². The fourth-order valence-electron chi connectivity index (χ4n) is 2.52. The Balaban J connectivity index is 1.81. The van der Waals surface area contributed by atoms with Gasteiger partial charge in [0.2, 0.25) is 0 Å². The lowest BCUT2D eigenvalue weighted by Gasteiger charge is -2.14. The van der Waals surface area contributed by atoms with Gasteiger partial charge in [0.15, 0.2) is 0 Å². The van der Waals surface area contributed by atoms with Gasteiger partial charge in [-0.2, -0.15) is 0 Å². The van der Waals surface area contributed by atoms with Crippen molar-refractivity contribution in [1.29, 1.82) is 0 Å². The number of aromatic carboxylic acids is 1. The number of carbonyl (C=O) groups excluding carboxylic acids is 1. The minimum absolute atomic E-state index is 0.104. The third-order valence-corrected chi connectivity index (χ3v) is 3.74. The average Bonchev–Trinajstić information content (AvgIpc) is 2.57. The fourth-order valence-corrected chi connectivity index (χ4v) is 2.52. The predicted molar refractivity (Wildman–Crippen MR) is 94.5 cm³/mol. The van der Waals surface area contributed by atoms with Crippen molar-refractivity contribution in [2.45, 2.75) is 26.5 Å². The Hall–Kier alpha value is -2.86. The predicted octanol–water partition coefficient (Wildman–Crippen LogP) is 2.53. The first-order valence-corrected chi connectivity index (χ1v) is 7.95. The molecule has 2 amide bonds. The zero-order chi connectivity index (χ0) is 18.4.